The van der Waals surface area contributed by atoms with Crippen molar-refractivity contribution >= 4 is 63.2 Å². The fourth-order valence-corrected chi connectivity index (χ4v) is 3.70. The molecule has 0 bridgehead atoms. The Labute approximate surface area is 192 Å². The summed E-state index contributed by atoms with van der Waals surface area (Å²) in [5, 5.41) is 6.01. The predicted molar refractivity (Wildman–Crippen MR) is 124 cm³/mol. The SMILES string of the molecule is Cc1ccc(-c2nc3cc(NC(=S)NC(=O)c4ccc(F)cc4Cl)ccc3o2)c(Cl)c1. The molecule has 5 nitrogen and oxygen atoms in total. The highest BCUT2D eigenvalue weighted by molar-refractivity contribution is 7.80. The van der Waals surface area contributed by atoms with E-state index in [0.717, 1.165) is 17.7 Å². The Morgan fingerprint density at radius 1 is 1.06 bits per heavy atom. The highest BCUT2D eigenvalue weighted by atomic mass is 35.5. The molecule has 4 aromatic rings. The van der Waals surface area contributed by atoms with Gasteiger partial charge in [-0.2, -0.15) is 0 Å². The van der Waals surface area contributed by atoms with Gasteiger partial charge in [-0.05, 0) is 73.2 Å². The second-order valence-electron chi connectivity index (χ2n) is 6.72. The molecule has 0 saturated heterocycles. The van der Waals surface area contributed by atoms with Gasteiger partial charge < -0.3 is 9.73 Å². The molecule has 2 N–H and O–H groups in total. The first kappa shape index (κ1) is 21.2. The maximum atomic E-state index is 13.2. The standard InChI is InChI=1S/C22H14Cl2FN3O2S/c1-11-2-5-15(16(23)8-11)21-27-18-10-13(4-7-19(18)30-21)26-22(31)28-20(29)14-6-3-12(25)9-17(14)24/h2-10H,1H3,(H2,26,28,29,31). The lowest BCUT2D eigenvalue weighted by Crippen LogP contribution is -2.34. The van der Waals surface area contributed by atoms with E-state index in [1.807, 2.05) is 25.1 Å². The normalized spacial score (nSPS) is 10.8. The largest absolute Gasteiger partial charge is 0.436 e. The van der Waals surface area contributed by atoms with E-state index in [9.17, 15) is 9.18 Å². The Bertz CT molecular complexity index is 1340. The highest BCUT2D eigenvalue weighted by Gasteiger charge is 2.15. The van der Waals surface area contributed by atoms with Crippen LogP contribution in [0, 0.1) is 12.7 Å². The van der Waals surface area contributed by atoms with E-state index in [1.54, 1.807) is 18.2 Å². The fraction of sp³-hybridized carbons (Fsp3) is 0.0455. The van der Waals surface area contributed by atoms with Gasteiger partial charge in [-0.3, -0.25) is 10.1 Å². The third-order valence-corrected chi connectivity index (χ3v) is 5.23. The lowest BCUT2D eigenvalue weighted by atomic mass is 10.1. The van der Waals surface area contributed by atoms with Gasteiger partial charge in [-0.1, -0.05) is 29.3 Å². The minimum Gasteiger partial charge on any atom is -0.436 e. The van der Waals surface area contributed by atoms with Crippen LogP contribution in [0.5, 0.6) is 0 Å². The summed E-state index contributed by atoms with van der Waals surface area (Å²) in [6.07, 6.45) is 0. The maximum absolute atomic E-state index is 13.2. The van der Waals surface area contributed by atoms with Gasteiger partial charge in [0.2, 0.25) is 5.89 Å². The van der Waals surface area contributed by atoms with Gasteiger partial charge >= 0.3 is 0 Å². The van der Waals surface area contributed by atoms with Crippen LogP contribution in [0.15, 0.2) is 59.0 Å². The Hall–Kier alpha value is -3.00. The zero-order valence-electron chi connectivity index (χ0n) is 16.0. The van der Waals surface area contributed by atoms with Crippen molar-refractivity contribution in [3.8, 4) is 11.5 Å². The van der Waals surface area contributed by atoms with Crippen molar-refractivity contribution in [2.75, 3.05) is 5.32 Å². The lowest BCUT2D eigenvalue weighted by Gasteiger charge is -2.10. The van der Waals surface area contributed by atoms with Gasteiger partial charge in [-0.15, -0.1) is 0 Å². The second kappa shape index (κ2) is 8.63. The van der Waals surface area contributed by atoms with Crippen molar-refractivity contribution < 1.29 is 13.6 Å². The van der Waals surface area contributed by atoms with E-state index in [-0.39, 0.29) is 15.7 Å². The molecule has 3 aromatic carbocycles. The molecule has 0 atom stereocenters. The monoisotopic (exact) mass is 473 g/mol. The Balaban J connectivity index is 1.51. The number of anilines is 1. The van der Waals surface area contributed by atoms with Gasteiger partial charge in [-0.25, -0.2) is 9.37 Å². The Morgan fingerprint density at radius 2 is 1.87 bits per heavy atom. The van der Waals surface area contributed by atoms with Gasteiger partial charge in [0.05, 0.1) is 21.2 Å². The number of fused-ring (bicyclic) bond motifs is 1. The topological polar surface area (TPSA) is 67.2 Å². The average molecular weight is 474 g/mol. The summed E-state index contributed by atoms with van der Waals surface area (Å²) in [6, 6.07) is 14.3. The highest BCUT2D eigenvalue weighted by Crippen LogP contribution is 2.31. The summed E-state index contributed by atoms with van der Waals surface area (Å²) in [4.78, 5) is 16.8. The Kier molecular flexibility index (Phi) is 5.91. The number of nitrogens with one attached hydrogen (secondary N) is 2. The van der Waals surface area contributed by atoms with Crippen molar-refractivity contribution in [3.05, 3.63) is 81.6 Å². The van der Waals surface area contributed by atoms with E-state index in [2.05, 4.69) is 15.6 Å². The summed E-state index contributed by atoms with van der Waals surface area (Å²) in [7, 11) is 0. The molecule has 0 spiro atoms. The van der Waals surface area contributed by atoms with E-state index >= 15 is 0 Å². The molecular formula is C22H14Cl2FN3O2S. The van der Waals surface area contributed by atoms with Crippen LogP contribution in [-0.4, -0.2) is 16.0 Å². The lowest BCUT2D eigenvalue weighted by molar-refractivity contribution is 0.0978. The van der Waals surface area contributed by atoms with Crippen LogP contribution in [0.3, 0.4) is 0 Å². The quantitative estimate of drug-likeness (QED) is 0.338. The molecule has 0 fully saturated rings. The van der Waals surface area contributed by atoms with Crippen molar-refractivity contribution in [1.29, 1.82) is 0 Å². The first-order valence-electron chi connectivity index (χ1n) is 9.04. The van der Waals surface area contributed by atoms with Crippen LogP contribution in [0.2, 0.25) is 10.0 Å². The second-order valence-corrected chi connectivity index (χ2v) is 7.94. The van der Waals surface area contributed by atoms with E-state index in [0.29, 0.717) is 33.3 Å². The first-order chi connectivity index (χ1) is 14.8. The van der Waals surface area contributed by atoms with E-state index < -0.39 is 11.7 Å². The van der Waals surface area contributed by atoms with Crippen LogP contribution in [-0.2, 0) is 0 Å². The third kappa shape index (κ3) is 4.69. The number of halogens is 3. The summed E-state index contributed by atoms with van der Waals surface area (Å²) in [5.74, 6) is -0.685. The number of thiocarbonyl (C=S) groups is 1. The van der Waals surface area contributed by atoms with Gasteiger partial charge in [0.15, 0.2) is 10.7 Å². The number of nitrogens with zero attached hydrogens (tertiary/aromatic N) is 1. The molecule has 1 aromatic heterocycles. The fourth-order valence-electron chi connectivity index (χ4n) is 2.92. The van der Waals surface area contributed by atoms with Crippen LogP contribution in [0.1, 0.15) is 15.9 Å². The molecule has 1 amide bonds. The number of carbonyl (C=O) groups is 1. The molecule has 4 rings (SSSR count). The molecule has 9 heteroatoms. The molecule has 31 heavy (non-hydrogen) atoms. The molecule has 0 aliphatic rings. The zero-order chi connectivity index (χ0) is 22.1. The third-order valence-electron chi connectivity index (χ3n) is 4.40. The van der Waals surface area contributed by atoms with E-state index in [4.69, 9.17) is 39.8 Å². The Morgan fingerprint density at radius 3 is 2.61 bits per heavy atom. The molecule has 0 aliphatic carbocycles. The van der Waals surface area contributed by atoms with Crippen LogP contribution in [0.25, 0.3) is 22.6 Å². The van der Waals surface area contributed by atoms with E-state index in [1.165, 1.54) is 6.07 Å². The number of rotatable bonds is 3. The smallest absolute Gasteiger partial charge is 0.258 e. The van der Waals surface area contributed by atoms with Gasteiger partial charge in [0, 0.05) is 5.69 Å². The summed E-state index contributed by atoms with van der Waals surface area (Å²) >= 11 is 17.4. The van der Waals surface area contributed by atoms with Crippen molar-refractivity contribution in [2.45, 2.75) is 6.92 Å². The number of aryl methyl sites for hydroxylation is 1. The zero-order valence-corrected chi connectivity index (χ0v) is 18.3. The molecule has 0 aliphatic heterocycles. The summed E-state index contributed by atoms with van der Waals surface area (Å²) in [5.41, 5.74) is 3.60. The van der Waals surface area contributed by atoms with Crippen molar-refractivity contribution in [2.24, 2.45) is 0 Å². The minimum atomic E-state index is -0.554. The predicted octanol–water partition coefficient (Wildman–Crippen LogP) is 6.38. The molecular weight excluding hydrogens is 460 g/mol. The maximum Gasteiger partial charge on any atom is 0.258 e. The van der Waals surface area contributed by atoms with Crippen molar-refractivity contribution in [3.63, 3.8) is 0 Å². The number of benzene rings is 3. The van der Waals surface area contributed by atoms with Crippen molar-refractivity contribution in [1.82, 2.24) is 10.3 Å². The first-order valence-corrected chi connectivity index (χ1v) is 10.2. The van der Waals surface area contributed by atoms with Crippen LogP contribution in [0.4, 0.5) is 10.1 Å². The van der Waals surface area contributed by atoms with Crippen LogP contribution >= 0.6 is 35.4 Å². The molecule has 1 heterocycles. The summed E-state index contributed by atoms with van der Waals surface area (Å²) < 4.78 is 19.0. The number of carbonyl (C=O) groups excluding carboxylic acids is 1. The number of hydrogen-bond acceptors (Lipinski definition) is 4. The van der Waals surface area contributed by atoms with Gasteiger partial charge in [0.1, 0.15) is 11.3 Å². The number of hydrogen-bond donors (Lipinski definition) is 2. The molecule has 0 radical (unpaired) electrons. The van der Waals surface area contributed by atoms with Gasteiger partial charge in [0.25, 0.3) is 5.91 Å². The number of oxazole rings is 1. The molecule has 156 valence electrons. The average Bonchev–Trinajstić information content (AvgIpc) is 3.10. The summed E-state index contributed by atoms with van der Waals surface area (Å²) in [6.45, 7) is 1.95. The molecule has 0 unspecified atom stereocenters. The minimum absolute atomic E-state index is 0.00777. The number of aromatic nitrogens is 1. The molecule has 0 saturated carbocycles. The number of amides is 1. The van der Waals surface area contributed by atoms with Crippen LogP contribution < -0.4 is 10.6 Å².